The van der Waals surface area contributed by atoms with Crippen molar-refractivity contribution < 1.29 is 13.2 Å². The van der Waals surface area contributed by atoms with Crippen LogP contribution in [0.5, 0.6) is 0 Å². The molecule has 7 rings (SSSR count). The van der Waals surface area contributed by atoms with Crippen molar-refractivity contribution in [3.05, 3.63) is 145 Å². The maximum absolute atomic E-state index is 13.5. The molecule has 0 nitrogen and oxygen atoms in total. The summed E-state index contributed by atoms with van der Waals surface area (Å²) in [6.07, 6.45) is -4.40. The zero-order valence-electron chi connectivity index (χ0n) is 24.8. The van der Waals surface area contributed by atoms with E-state index >= 15 is 0 Å². The molecular formula is C41H31F3. The molecule has 0 fully saturated rings. The molecule has 0 aromatic heterocycles. The molecule has 7 aromatic rings. The molecule has 0 aliphatic heterocycles. The summed E-state index contributed by atoms with van der Waals surface area (Å²) in [4.78, 5) is 0. The lowest BCUT2D eigenvalue weighted by molar-refractivity contribution is -0.137. The molecule has 0 aliphatic carbocycles. The molecular weight excluding hydrogens is 549 g/mol. The molecule has 0 saturated heterocycles. The number of hydrogen-bond acceptors (Lipinski definition) is 0. The third-order valence-corrected chi connectivity index (χ3v) is 8.67. The van der Waals surface area contributed by atoms with Crippen molar-refractivity contribution in [2.45, 2.75) is 32.4 Å². The van der Waals surface area contributed by atoms with E-state index in [2.05, 4.69) is 112 Å². The van der Waals surface area contributed by atoms with Gasteiger partial charge in [-0.25, -0.2) is 0 Å². The number of hydrogen-bond donors (Lipinski definition) is 0. The van der Waals surface area contributed by atoms with Gasteiger partial charge in [0.15, 0.2) is 0 Å². The first kappa shape index (κ1) is 27.9. The largest absolute Gasteiger partial charge is 0.416 e. The quantitative estimate of drug-likeness (QED) is 0.182. The molecule has 0 heterocycles. The molecule has 0 radical (unpaired) electrons. The van der Waals surface area contributed by atoms with E-state index in [1.165, 1.54) is 17.7 Å². The summed E-state index contributed by atoms with van der Waals surface area (Å²) in [5.41, 5.74) is 6.75. The van der Waals surface area contributed by atoms with Gasteiger partial charge < -0.3 is 0 Å². The molecule has 44 heavy (non-hydrogen) atoms. The molecule has 3 heteroatoms. The second kappa shape index (κ2) is 10.4. The van der Waals surface area contributed by atoms with E-state index < -0.39 is 11.7 Å². The molecule has 216 valence electrons. The summed E-state index contributed by atoms with van der Waals surface area (Å²) >= 11 is 0. The van der Waals surface area contributed by atoms with Crippen LogP contribution in [0.3, 0.4) is 0 Å². The highest BCUT2D eigenvalue weighted by molar-refractivity contribution is 6.24. The van der Waals surface area contributed by atoms with Gasteiger partial charge in [-0.2, -0.15) is 13.2 Å². The summed E-state index contributed by atoms with van der Waals surface area (Å²) in [5, 5.41) is 6.44. The van der Waals surface area contributed by atoms with Gasteiger partial charge in [0.2, 0.25) is 0 Å². The van der Waals surface area contributed by atoms with E-state index in [1.54, 1.807) is 12.1 Å². The van der Waals surface area contributed by atoms with E-state index in [-0.39, 0.29) is 5.41 Å². The Morgan fingerprint density at radius 2 is 0.932 bits per heavy atom. The van der Waals surface area contributed by atoms with Crippen molar-refractivity contribution in [1.29, 1.82) is 0 Å². The zero-order chi connectivity index (χ0) is 30.6. The highest BCUT2D eigenvalue weighted by atomic mass is 19.4. The van der Waals surface area contributed by atoms with Gasteiger partial charge in [0.25, 0.3) is 0 Å². The topological polar surface area (TPSA) is 0 Å². The Hall–Kier alpha value is -4.89. The predicted molar refractivity (Wildman–Crippen MR) is 179 cm³/mol. The van der Waals surface area contributed by atoms with Crippen LogP contribution >= 0.6 is 0 Å². The average molecular weight is 581 g/mol. The van der Waals surface area contributed by atoms with Crippen LogP contribution in [0.15, 0.2) is 133 Å². The van der Waals surface area contributed by atoms with Gasteiger partial charge in [-0.3, -0.25) is 0 Å². The minimum absolute atomic E-state index is 0.0456. The lowest BCUT2D eigenvalue weighted by Gasteiger charge is -2.21. The normalized spacial score (nSPS) is 12.3. The minimum atomic E-state index is -4.40. The van der Waals surface area contributed by atoms with Crippen molar-refractivity contribution in [3.63, 3.8) is 0 Å². The van der Waals surface area contributed by atoms with E-state index in [1.807, 2.05) is 18.2 Å². The highest BCUT2D eigenvalue weighted by Gasteiger charge is 2.30. The third-order valence-electron chi connectivity index (χ3n) is 8.67. The Morgan fingerprint density at radius 1 is 0.409 bits per heavy atom. The number of benzene rings is 7. The van der Waals surface area contributed by atoms with Gasteiger partial charge in [0, 0.05) is 0 Å². The fourth-order valence-corrected chi connectivity index (χ4v) is 6.39. The van der Waals surface area contributed by atoms with Gasteiger partial charge in [-0.1, -0.05) is 136 Å². The molecule has 7 aromatic carbocycles. The first-order chi connectivity index (χ1) is 21.1. The van der Waals surface area contributed by atoms with Crippen molar-refractivity contribution in [2.75, 3.05) is 0 Å². The maximum Gasteiger partial charge on any atom is 0.416 e. The lowest BCUT2D eigenvalue weighted by atomic mass is 9.83. The standard InChI is InChI=1S/C41H31F3/c1-40(2,3)30-20-15-26(16-21-30)29-19-24-36-37(25-29)38(28-17-22-31(23-18-28)41(42,43)44)34-12-6-7-13-35(34)39(36)33-14-8-10-27-9-4-5-11-32(27)33/h4-25H,1-3H3. The van der Waals surface area contributed by atoms with Gasteiger partial charge in [-0.15, -0.1) is 0 Å². The third kappa shape index (κ3) is 4.83. The minimum Gasteiger partial charge on any atom is -0.166 e. The number of fused-ring (bicyclic) bond motifs is 3. The van der Waals surface area contributed by atoms with Crippen molar-refractivity contribution in [3.8, 4) is 33.4 Å². The number of alkyl halides is 3. The zero-order valence-corrected chi connectivity index (χ0v) is 24.8. The summed E-state index contributed by atoms with van der Waals surface area (Å²) in [6, 6.07) is 43.8. The summed E-state index contributed by atoms with van der Waals surface area (Å²) in [5.74, 6) is 0. The van der Waals surface area contributed by atoms with Crippen molar-refractivity contribution in [1.82, 2.24) is 0 Å². The molecule has 0 N–H and O–H groups in total. The highest BCUT2D eigenvalue weighted by Crippen LogP contribution is 2.46. The van der Waals surface area contributed by atoms with Gasteiger partial charge in [-0.05, 0) is 94.9 Å². The first-order valence-corrected chi connectivity index (χ1v) is 14.8. The van der Waals surface area contributed by atoms with Crippen LogP contribution in [0, 0.1) is 0 Å². The van der Waals surface area contributed by atoms with Crippen LogP contribution < -0.4 is 0 Å². The Morgan fingerprint density at radius 3 is 1.59 bits per heavy atom. The first-order valence-electron chi connectivity index (χ1n) is 14.8. The van der Waals surface area contributed by atoms with Gasteiger partial charge in [0.1, 0.15) is 0 Å². The Kier molecular flexibility index (Phi) is 6.58. The molecule has 0 unspecified atom stereocenters. The van der Waals surface area contributed by atoms with E-state index in [9.17, 15) is 13.2 Å². The smallest absolute Gasteiger partial charge is 0.166 e. The fourth-order valence-electron chi connectivity index (χ4n) is 6.39. The van der Waals surface area contributed by atoms with Crippen LogP contribution in [-0.2, 0) is 11.6 Å². The predicted octanol–water partition coefficient (Wildman–Crippen LogP) is 12.5. The van der Waals surface area contributed by atoms with Crippen LogP contribution in [0.2, 0.25) is 0 Å². The monoisotopic (exact) mass is 580 g/mol. The molecule has 0 bridgehead atoms. The fraction of sp³-hybridized carbons (Fsp3) is 0.122. The average Bonchev–Trinajstić information content (AvgIpc) is 3.02. The maximum atomic E-state index is 13.5. The van der Waals surface area contributed by atoms with Crippen molar-refractivity contribution in [2.24, 2.45) is 0 Å². The van der Waals surface area contributed by atoms with Crippen LogP contribution in [0.1, 0.15) is 31.9 Å². The summed E-state index contributed by atoms with van der Waals surface area (Å²) < 4.78 is 40.6. The van der Waals surface area contributed by atoms with Crippen LogP contribution in [-0.4, -0.2) is 0 Å². The van der Waals surface area contributed by atoms with Crippen LogP contribution in [0.4, 0.5) is 13.2 Å². The van der Waals surface area contributed by atoms with Crippen LogP contribution in [0.25, 0.3) is 65.7 Å². The molecule has 0 spiro atoms. The Balaban J connectivity index is 1.57. The second-order valence-electron chi connectivity index (χ2n) is 12.5. The van der Waals surface area contributed by atoms with E-state index in [4.69, 9.17) is 0 Å². The number of rotatable bonds is 3. The number of halogens is 3. The SMILES string of the molecule is CC(C)(C)c1ccc(-c2ccc3c(-c4cccc5ccccc45)c4ccccc4c(-c4ccc(C(F)(F)F)cc4)c3c2)cc1. The Labute approximate surface area is 255 Å². The summed E-state index contributed by atoms with van der Waals surface area (Å²) in [6.45, 7) is 6.61. The van der Waals surface area contributed by atoms with E-state index in [0.29, 0.717) is 0 Å². The molecule has 0 aliphatic rings. The Bertz CT molecular complexity index is 2160. The molecule has 0 amide bonds. The van der Waals surface area contributed by atoms with Gasteiger partial charge in [0.05, 0.1) is 5.56 Å². The lowest BCUT2D eigenvalue weighted by Crippen LogP contribution is -2.10. The van der Waals surface area contributed by atoms with Crippen molar-refractivity contribution >= 4 is 32.3 Å². The van der Waals surface area contributed by atoms with Gasteiger partial charge >= 0.3 is 6.18 Å². The van der Waals surface area contributed by atoms with E-state index in [0.717, 1.165) is 65.7 Å². The second-order valence-corrected chi connectivity index (χ2v) is 12.5. The molecule has 0 atom stereocenters. The summed E-state index contributed by atoms with van der Waals surface area (Å²) in [7, 11) is 0. The molecule has 0 saturated carbocycles.